The van der Waals surface area contributed by atoms with Crippen LogP contribution in [0.5, 0.6) is 0 Å². The molecule has 7 aromatic carbocycles. The van der Waals surface area contributed by atoms with Crippen molar-refractivity contribution in [2.75, 3.05) is 0 Å². The largest absolute Gasteiger partial charge is 2.00 e. The maximum atomic E-state index is 8.89. The molecule has 0 amide bonds. The van der Waals surface area contributed by atoms with Gasteiger partial charge < -0.3 is 36.0 Å². The van der Waals surface area contributed by atoms with Crippen molar-refractivity contribution < 1.29 is 55.5 Å². The van der Waals surface area contributed by atoms with Gasteiger partial charge in [-0.3, -0.25) is 0 Å². The number of halogens is 1. The van der Waals surface area contributed by atoms with Gasteiger partial charge in [-0.15, -0.1) is 12.1 Å². The van der Waals surface area contributed by atoms with E-state index in [0.29, 0.717) is 0 Å². The van der Waals surface area contributed by atoms with Crippen molar-refractivity contribution >= 4 is 72.9 Å². The summed E-state index contributed by atoms with van der Waals surface area (Å²) >= 11 is 3.35. The molecule has 9 rings (SSSR count). The third kappa shape index (κ3) is 22.4. The number of hydrogen-bond donors (Lipinski definition) is 0. The molecule has 67 heavy (non-hydrogen) atoms. The van der Waals surface area contributed by atoms with Crippen LogP contribution in [0.2, 0.25) is 0 Å². The fourth-order valence-electron chi connectivity index (χ4n) is 5.91. The van der Waals surface area contributed by atoms with Gasteiger partial charge in [0.15, 0.2) is 11.0 Å². The third-order valence-electron chi connectivity index (χ3n) is 9.13. The second-order valence-electron chi connectivity index (χ2n) is 15.2. The summed E-state index contributed by atoms with van der Waals surface area (Å²) in [7, 11) is -0.446. The minimum atomic E-state index is -1.08. The van der Waals surface area contributed by atoms with Crippen molar-refractivity contribution in [1.29, 1.82) is 0 Å². The summed E-state index contributed by atoms with van der Waals surface area (Å²) in [6.07, 6.45) is 4.44. The van der Waals surface area contributed by atoms with Gasteiger partial charge in [-0.1, -0.05) is 220 Å². The zero-order chi connectivity index (χ0) is 46.7. The minimum Gasteiger partial charge on any atom is -1.00 e. The van der Waals surface area contributed by atoms with E-state index < -0.39 is 13.9 Å². The Morgan fingerprint density at radius 2 is 0.731 bits per heavy atom. The van der Waals surface area contributed by atoms with Crippen LogP contribution in [0.4, 0.5) is 0 Å². The molecule has 0 saturated heterocycles. The number of carboxylic acids is 1. The van der Waals surface area contributed by atoms with E-state index in [-0.39, 0.29) is 36.5 Å². The first kappa shape index (κ1) is 57.9. The van der Waals surface area contributed by atoms with E-state index in [1.165, 1.54) is 58.6 Å². The van der Waals surface area contributed by atoms with Crippen LogP contribution in [-0.2, 0) is 37.4 Å². The Morgan fingerprint density at radius 1 is 0.478 bits per heavy atom. The van der Waals surface area contributed by atoms with Gasteiger partial charge in [0.05, 0.1) is 11.0 Å². The van der Waals surface area contributed by atoms with Crippen LogP contribution in [0.15, 0.2) is 223 Å². The van der Waals surface area contributed by atoms with E-state index in [2.05, 4.69) is 238 Å². The molecule has 0 aliphatic heterocycles. The van der Waals surface area contributed by atoms with E-state index >= 15 is 0 Å². The Hall–Kier alpha value is -5.20. The summed E-state index contributed by atoms with van der Waals surface area (Å²) in [6.45, 7) is 15.5. The van der Waals surface area contributed by atoms with Crippen molar-refractivity contribution in [2.24, 2.45) is 0 Å². The first-order valence-corrected chi connectivity index (χ1v) is 24.5. The van der Waals surface area contributed by atoms with Crippen molar-refractivity contribution in [1.82, 2.24) is 0 Å². The number of carbonyl (C=O) groups excluding carboxylic acids is 1. The number of thiazole rings is 2. The average molecular weight is 1090 g/mol. The molecule has 0 aliphatic carbocycles. The van der Waals surface area contributed by atoms with Crippen LogP contribution >= 0.6 is 30.6 Å². The standard InChI is InChI=1S/C18H15P.2C12H13NS.2C7H8.C2H4O2.BrH.Ru/c1-4-10-16(11-5-1)19(17-12-6-2-7-13-17)18-14-8-3-9-15-18;2*1-10(2)7-8-13-9-14-12-6-4-3-5-11(12)13;2*1-7-5-3-2-4-6-7;1-2(3)4;;/h1-15H;2*3-7H,8H2,1-2H3;2*2-6H,1H3;1H3,(H,3,4);1H;/q;;;;;;;+2/p-2. The summed E-state index contributed by atoms with van der Waals surface area (Å²) in [4.78, 5) is 8.89. The van der Waals surface area contributed by atoms with Gasteiger partial charge >= 0.3 is 19.5 Å². The molecule has 0 aliphatic rings. The van der Waals surface area contributed by atoms with Crippen molar-refractivity contribution in [3.63, 3.8) is 0 Å². The number of benzene rings is 7. The molecule has 0 radical (unpaired) electrons. The van der Waals surface area contributed by atoms with Gasteiger partial charge in [-0.2, -0.15) is 0 Å². The van der Waals surface area contributed by atoms with E-state index in [1.54, 1.807) is 22.7 Å². The number of carboxylic acid groups (broad SMARTS) is 1. The molecular formula is C58H60BrN2O2PRuS2. The molecule has 0 spiro atoms. The van der Waals surface area contributed by atoms with Gasteiger partial charge in [-0.05, 0) is 84.5 Å². The Balaban J connectivity index is 0.000000291. The number of allylic oxidation sites excluding steroid dienone is 4. The molecule has 9 heteroatoms. The predicted octanol–water partition coefficient (Wildman–Crippen LogP) is 9.10. The molecule has 0 atom stereocenters. The number of para-hydroxylation sites is 2. The van der Waals surface area contributed by atoms with Crippen molar-refractivity contribution in [3.05, 3.63) is 246 Å². The Labute approximate surface area is 432 Å². The average Bonchev–Trinajstić information content (AvgIpc) is 3.94. The molecule has 9 aromatic rings. The number of aliphatic carboxylic acids is 1. The molecule has 2 aromatic heterocycles. The van der Waals surface area contributed by atoms with E-state index in [1.807, 2.05) is 36.4 Å². The summed E-state index contributed by atoms with van der Waals surface area (Å²) in [5.41, 5.74) is 14.5. The molecule has 4 nitrogen and oxygen atoms in total. The number of rotatable bonds is 7. The molecular weight excluding hydrogens is 1030 g/mol. The maximum absolute atomic E-state index is 8.89. The Morgan fingerprint density at radius 3 is 0.985 bits per heavy atom. The third-order valence-corrected chi connectivity index (χ3v) is 13.3. The second kappa shape index (κ2) is 33.3. The molecule has 0 bridgehead atoms. The molecule has 0 N–H and O–H groups in total. The number of fused-ring (bicyclic) bond motifs is 2. The first-order valence-electron chi connectivity index (χ1n) is 21.5. The Bertz CT molecular complexity index is 2530. The van der Waals surface area contributed by atoms with E-state index in [0.717, 1.165) is 20.0 Å². The summed E-state index contributed by atoms with van der Waals surface area (Å²) in [5.74, 6) is -1.08. The normalized spacial score (nSPS) is 9.55. The van der Waals surface area contributed by atoms with Crippen LogP contribution in [0.1, 0.15) is 45.7 Å². The fraction of sp³-hybridized carbons (Fsp3) is 0.155. The summed E-state index contributed by atoms with van der Waals surface area (Å²) in [6, 6.07) is 69.7. The molecule has 0 unspecified atom stereocenters. The van der Waals surface area contributed by atoms with Gasteiger partial charge in [-0.25, -0.2) is 22.7 Å². The first-order chi connectivity index (χ1) is 31.5. The van der Waals surface area contributed by atoms with Crippen LogP contribution in [0.3, 0.4) is 0 Å². The van der Waals surface area contributed by atoms with Crippen LogP contribution < -0.4 is 47.1 Å². The monoisotopic (exact) mass is 1090 g/mol. The van der Waals surface area contributed by atoms with Gasteiger partial charge in [0.2, 0.25) is 0 Å². The van der Waals surface area contributed by atoms with E-state index in [9.17, 15) is 0 Å². The molecule has 346 valence electrons. The molecule has 0 saturated carbocycles. The van der Waals surface area contributed by atoms with Crippen LogP contribution in [0.25, 0.3) is 20.4 Å². The maximum Gasteiger partial charge on any atom is 2.00 e. The quantitative estimate of drug-likeness (QED) is 0.0527. The molecule has 2 heterocycles. The Kier molecular flexibility index (Phi) is 28.8. The second-order valence-corrected chi connectivity index (χ2v) is 19.1. The summed E-state index contributed by atoms with van der Waals surface area (Å²) < 4.78 is 6.92. The van der Waals surface area contributed by atoms with Gasteiger partial charge in [0.25, 0.3) is 0 Å². The number of hydrogen-bond acceptors (Lipinski definition) is 4. The van der Waals surface area contributed by atoms with Gasteiger partial charge in [0.1, 0.15) is 13.1 Å². The van der Waals surface area contributed by atoms with Crippen molar-refractivity contribution in [3.8, 4) is 0 Å². The van der Waals surface area contributed by atoms with Crippen LogP contribution in [-0.4, -0.2) is 5.97 Å². The zero-order valence-electron chi connectivity index (χ0n) is 39.3. The minimum absolute atomic E-state index is 0. The zero-order valence-corrected chi connectivity index (χ0v) is 45.2. The number of aromatic nitrogens is 2. The smallest absolute Gasteiger partial charge is 1.00 e. The number of aryl methyl sites for hydroxylation is 2. The molecule has 0 fully saturated rings. The van der Waals surface area contributed by atoms with E-state index in [4.69, 9.17) is 9.90 Å². The predicted molar refractivity (Wildman–Crippen MR) is 279 cm³/mol. The van der Waals surface area contributed by atoms with Crippen LogP contribution in [0, 0.1) is 24.9 Å². The number of nitrogens with zero attached hydrogens (tertiary/aromatic N) is 2. The topological polar surface area (TPSA) is 47.9 Å². The fourth-order valence-corrected chi connectivity index (χ4v) is 9.83. The summed E-state index contributed by atoms with van der Waals surface area (Å²) in [5, 5.41) is 13.1. The van der Waals surface area contributed by atoms with Gasteiger partial charge in [0, 0.05) is 5.97 Å². The SMILES string of the molecule is CC(=O)[O-].CC(C)=CC[n+]1[c-]sc2ccccc21.CC(C)=CC[n+]1[c-]sc2ccccc21.Cc1ccccc1.Cc1ccccc1.[Br-].[Ru+2].c1ccc(P(c2ccccc2)c2ccccc2)cc1. The number of carbonyl (C=O) groups is 1. The van der Waals surface area contributed by atoms with Crippen molar-refractivity contribution in [2.45, 2.75) is 61.6 Å².